The van der Waals surface area contributed by atoms with Gasteiger partial charge in [0.25, 0.3) is 0 Å². The van der Waals surface area contributed by atoms with Crippen LogP contribution in [-0.4, -0.2) is 16.2 Å². The predicted molar refractivity (Wildman–Crippen MR) is 71.1 cm³/mol. The molecule has 0 spiro atoms. The van der Waals surface area contributed by atoms with Crippen LogP contribution >= 0.6 is 11.3 Å². The highest BCUT2D eigenvalue weighted by Gasteiger charge is 2.07. The molecule has 92 valence electrons. The summed E-state index contributed by atoms with van der Waals surface area (Å²) in [6, 6.07) is 6.12. The van der Waals surface area contributed by atoms with Gasteiger partial charge in [-0.05, 0) is 41.4 Å². The van der Waals surface area contributed by atoms with Crippen molar-refractivity contribution >= 4 is 11.3 Å². The minimum absolute atomic E-state index is 0.411. The minimum Gasteiger partial charge on any atom is -0.387 e. The second kappa shape index (κ2) is 6.00. The number of aliphatic hydroxyl groups excluding tert-OH is 1. The highest BCUT2D eigenvalue weighted by molar-refractivity contribution is 7.07. The predicted octanol–water partition coefficient (Wildman–Crippen LogP) is 2.39. The Bertz CT molecular complexity index is 436. The monoisotopic (exact) mass is 250 g/mol. The van der Waals surface area contributed by atoms with Crippen LogP contribution in [0.25, 0.3) is 0 Å². The zero-order valence-electron chi connectivity index (χ0n) is 9.97. The number of hydrogen-bond acceptors (Lipinski definition) is 3. The Hall–Kier alpha value is -1.10. The minimum atomic E-state index is -0.411. The van der Waals surface area contributed by atoms with Crippen LogP contribution in [0.3, 0.4) is 0 Å². The zero-order chi connectivity index (χ0) is 12.1. The molecular weight excluding hydrogens is 232 g/mol. The van der Waals surface area contributed by atoms with Crippen molar-refractivity contribution in [2.45, 2.75) is 26.1 Å². The first-order valence-electron chi connectivity index (χ1n) is 5.86. The summed E-state index contributed by atoms with van der Waals surface area (Å²) < 4.78 is 2.20. The third-order valence-electron chi connectivity index (χ3n) is 2.84. The van der Waals surface area contributed by atoms with Gasteiger partial charge < -0.3 is 15.0 Å². The first-order valence-corrected chi connectivity index (χ1v) is 6.80. The van der Waals surface area contributed by atoms with Crippen molar-refractivity contribution < 1.29 is 5.11 Å². The van der Waals surface area contributed by atoms with Crippen LogP contribution < -0.4 is 5.32 Å². The molecule has 0 aliphatic rings. The smallest absolute Gasteiger partial charge is 0.0922 e. The molecular formula is C13H18N2OS. The third kappa shape index (κ3) is 3.19. The highest BCUT2D eigenvalue weighted by Crippen LogP contribution is 2.15. The van der Waals surface area contributed by atoms with E-state index < -0.39 is 6.10 Å². The quantitative estimate of drug-likeness (QED) is 0.826. The van der Waals surface area contributed by atoms with E-state index in [0.717, 1.165) is 18.7 Å². The number of aryl methyl sites for hydroxylation is 1. The number of aromatic nitrogens is 1. The summed E-state index contributed by atoms with van der Waals surface area (Å²) in [5.41, 5.74) is 2.25. The van der Waals surface area contributed by atoms with Gasteiger partial charge in [-0.25, -0.2) is 0 Å². The van der Waals surface area contributed by atoms with E-state index in [1.54, 1.807) is 11.3 Å². The van der Waals surface area contributed by atoms with Gasteiger partial charge in [-0.3, -0.25) is 0 Å². The summed E-state index contributed by atoms with van der Waals surface area (Å²) in [6.07, 6.45) is 1.66. The van der Waals surface area contributed by atoms with E-state index in [4.69, 9.17) is 0 Å². The van der Waals surface area contributed by atoms with E-state index in [9.17, 15) is 5.11 Å². The molecule has 0 radical (unpaired) electrons. The van der Waals surface area contributed by atoms with Gasteiger partial charge in [-0.15, -0.1) is 0 Å². The van der Waals surface area contributed by atoms with Gasteiger partial charge in [0.1, 0.15) is 0 Å². The van der Waals surface area contributed by atoms with Gasteiger partial charge in [0.05, 0.1) is 6.10 Å². The van der Waals surface area contributed by atoms with Crippen LogP contribution in [0.4, 0.5) is 0 Å². The Kier molecular flexibility index (Phi) is 4.36. The van der Waals surface area contributed by atoms with Gasteiger partial charge in [-0.2, -0.15) is 11.3 Å². The summed E-state index contributed by atoms with van der Waals surface area (Å²) in [5, 5.41) is 17.2. The Balaban J connectivity index is 1.80. The lowest BCUT2D eigenvalue weighted by molar-refractivity contribution is 0.174. The van der Waals surface area contributed by atoms with Crippen molar-refractivity contribution in [1.82, 2.24) is 9.88 Å². The fraction of sp³-hybridized carbons (Fsp3) is 0.385. The number of thiophene rings is 1. The molecule has 2 aromatic heterocycles. The van der Waals surface area contributed by atoms with Crippen molar-refractivity contribution in [2.24, 2.45) is 0 Å². The van der Waals surface area contributed by atoms with E-state index in [1.807, 2.05) is 16.8 Å². The van der Waals surface area contributed by atoms with E-state index in [-0.39, 0.29) is 0 Å². The van der Waals surface area contributed by atoms with Crippen molar-refractivity contribution in [3.8, 4) is 0 Å². The number of nitrogens with zero attached hydrogens (tertiary/aromatic N) is 1. The first kappa shape index (κ1) is 12.4. The fourth-order valence-electron chi connectivity index (χ4n) is 1.84. The van der Waals surface area contributed by atoms with Crippen LogP contribution in [0.15, 0.2) is 35.2 Å². The topological polar surface area (TPSA) is 37.2 Å². The number of nitrogens with one attached hydrogen (secondary N) is 1. The van der Waals surface area contributed by atoms with Crippen molar-refractivity contribution in [1.29, 1.82) is 0 Å². The van der Waals surface area contributed by atoms with Crippen LogP contribution in [0.1, 0.15) is 24.3 Å². The van der Waals surface area contributed by atoms with Gasteiger partial charge in [0.15, 0.2) is 0 Å². The molecule has 2 N–H and O–H groups in total. The van der Waals surface area contributed by atoms with Crippen LogP contribution in [0.5, 0.6) is 0 Å². The Morgan fingerprint density at radius 3 is 3.06 bits per heavy atom. The number of hydrogen-bond donors (Lipinski definition) is 2. The molecule has 0 saturated heterocycles. The van der Waals surface area contributed by atoms with Crippen LogP contribution in [0.2, 0.25) is 0 Å². The number of rotatable bonds is 6. The first-order chi connectivity index (χ1) is 8.31. The van der Waals surface area contributed by atoms with Crippen molar-refractivity contribution in [3.05, 3.63) is 46.4 Å². The molecule has 0 fully saturated rings. The molecule has 0 aliphatic carbocycles. The van der Waals surface area contributed by atoms with E-state index in [0.29, 0.717) is 6.54 Å². The molecule has 1 unspecified atom stereocenters. The second-order valence-electron chi connectivity index (χ2n) is 3.99. The number of aliphatic hydroxyl groups is 1. The summed E-state index contributed by atoms with van der Waals surface area (Å²) in [4.78, 5) is 0. The van der Waals surface area contributed by atoms with Gasteiger partial charge in [0.2, 0.25) is 0 Å². The molecule has 0 bridgehead atoms. The molecule has 2 rings (SSSR count). The second-order valence-corrected chi connectivity index (χ2v) is 4.77. The molecule has 3 nitrogen and oxygen atoms in total. The average Bonchev–Trinajstić information content (AvgIpc) is 2.99. The van der Waals surface area contributed by atoms with E-state index in [2.05, 4.69) is 35.1 Å². The average molecular weight is 250 g/mol. The normalized spacial score (nSPS) is 12.8. The standard InChI is InChI=1S/C13H18N2OS/c1-2-15-6-3-4-12(15)8-14-9-13(16)11-5-7-17-10-11/h3-7,10,13-14,16H,2,8-9H2,1H3. The SMILES string of the molecule is CCn1cccc1CNCC(O)c1ccsc1. The molecule has 0 aliphatic heterocycles. The van der Waals surface area contributed by atoms with E-state index in [1.165, 1.54) is 5.69 Å². The largest absolute Gasteiger partial charge is 0.387 e. The molecule has 17 heavy (non-hydrogen) atoms. The maximum Gasteiger partial charge on any atom is 0.0922 e. The summed E-state index contributed by atoms with van der Waals surface area (Å²) in [6.45, 7) is 4.49. The fourth-order valence-corrected chi connectivity index (χ4v) is 2.54. The summed E-state index contributed by atoms with van der Waals surface area (Å²) in [7, 11) is 0. The summed E-state index contributed by atoms with van der Waals surface area (Å²) >= 11 is 1.61. The van der Waals surface area contributed by atoms with Gasteiger partial charge in [0, 0.05) is 31.5 Å². The molecule has 2 heterocycles. The third-order valence-corrected chi connectivity index (χ3v) is 3.54. The molecule has 0 saturated carbocycles. The molecule has 0 aromatic carbocycles. The lowest BCUT2D eigenvalue weighted by atomic mass is 10.2. The Labute approximate surface area is 106 Å². The van der Waals surface area contributed by atoms with Gasteiger partial charge in [-0.1, -0.05) is 0 Å². The maximum absolute atomic E-state index is 9.90. The molecule has 2 aromatic rings. The highest BCUT2D eigenvalue weighted by atomic mass is 32.1. The van der Waals surface area contributed by atoms with Gasteiger partial charge >= 0.3 is 0 Å². The maximum atomic E-state index is 9.90. The van der Waals surface area contributed by atoms with E-state index >= 15 is 0 Å². The summed E-state index contributed by atoms with van der Waals surface area (Å²) in [5.74, 6) is 0. The zero-order valence-corrected chi connectivity index (χ0v) is 10.8. The lowest BCUT2D eigenvalue weighted by Crippen LogP contribution is -2.22. The Morgan fingerprint density at radius 2 is 2.35 bits per heavy atom. The van der Waals surface area contributed by atoms with Crippen molar-refractivity contribution in [2.75, 3.05) is 6.54 Å². The molecule has 0 amide bonds. The van der Waals surface area contributed by atoms with Crippen LogP contribution in [0, 0.1) is 0 Å². The molecule has 4 heteroatoms. The lowest BCUT2D eigenvalue weighted by Gasteiger charge is -2.11. The van der Waals surface area contributed by atoms with Crippen LogP contribution in [-0.2, 0) is 13.1 Å². The molecule has 1 atom stereocenters. The Morgan fingerprint density at radius 1 is 1.47 bits per heavy atom. The van der Waals surface area contributed by atoms with Crippen molar-refractivity contribution in [3.63, 3.8) is 0 Å².